The summed E-state index contributed by atoms with van der Waals surface area (Å²) in [4.78, 5) is 2.77. The first-order chi connectivity index (χ1) is 8.72. The van der Waals surface area contributed by atoms with Gasteiger partial charge in [-0.1, -0.05) is 26.7 Å². The van der Waals surface area contributed by atoms with Crippen LogP contribution in [0, 0.1) is 11.8 Å². The summed E-state index contributed by atoms with van der Waals surface area (Å²) in [6.45, 7) is 10.9. The van der Waals surface area contributed by atoms with Crippen LogP contribution in [0.1, 0.15) is 59.3 Å². The molecule has 1 saturated carbocycles. The van der Waals surface area contributed by atoms with Crippen molar-refractivity contribution in [3.63, 3.8) is 0 Å². The van der Waals surface area contributed by atoms with Gasteiger partial charge in [0.25, 0.3) is 0 Å². The van der Waals surface area contributed by atoms with Gasteiger partial charge in [-0.15, -0.1) is 0 Å². The lowest BCUT2D eigenvalue weighted by atomic mass is 9.82. The monoisotopic (exact) mass is 252 g/mol. The number of likely N-dealkylation sites (tertiary alicyclic amines) is 1. The third kappa shape index (κ3) is 3.48. The molecule has 1 saturated heterocycles. The second kappa shape index (κ2) is 6.91. The van der Waals surface area contributed by atoms with Crippen LogP contribution >= 0.6 is 0 Å². The maximum absolute atomic E-state index is 3.72. The summed E-state index contributed by atoms with van der Waals surface area (Å²) in [6, 6.07) is 1.58. The molecule has 1 aliphatic carbocycles. The second-order valence-electron chi connectivity index (χ2n) is 6.56. The van der Waals surface area contributed by atoms with E-state index in [2.05, 4.69) is 31.0 Å². The average Bonchev–Trinajstić information content (AvgIpc) is 2.37. The Hall–Kier alpha value is -0.0800. The molecule has 0 spiro atoms. The quantitative estimate of drug-likeness (QED) is 0.826. The molecular weight excluding hydrogens is 220 g/mol. The highest BCUT2D eigenvalue weighted by atomic mass is 15.2. The molecule has 106 valence electrons. The van der Waals surface area contributed by atoms with Crippen molar-refractivity contribution >= 4 is 0 Å². The second-order valence-corrected chi connectivity index (χ2v) is 6.56. The van der Waals surface area contributed by atoms with Gasteiger partial charge in [0.05, 0.1) is 0 Å². The van der Waals surface area contributed by atoms with Crippen molar-refractivity contribution in [2.75, 3.05) is 19.6 Å². The molecular formula is C16H32N2. The van der Waals surface area contributed by atoms with Crippen LogP contribution in [-0.4, -0.2) is 36.6 Å². The summed E-state index contributed by atoms with van der Waals surface area (Å²) in [5, 5.41) is 3.72. The Morgan fingerprint density at radius 2 is 1.83 bits per heavy atom. The molecule has 0 amide bonds. The molecule has 2 heteroatoms. The van der Waals surface area contributed by atoms with Crippen molar-refractivity contribution in [2.45, 2.75) is 71.4 Å². The van der Waals surface area contributed by atoms with Crippen LogP contribution < -0.4 is 5.32 Å². The van der Waals surface area contributed by atoms with E-state index >= 15 is 0 Å². The smallest absolute Gasteiger partial charge is 0.0107 e. The van der Waals surface area contributed by atoms with Crippen molar-refractivity contribution in [1.82, 2.24) is 10.2 Å². The van der Waals surface area contributed by atoms with Crippen molar-refractivity contribution in [3.8, 4) is 0 Å². The van der Waals surface area contributed by atoms with Crippen molar-refractivity contribution in [2.24, 2.45) is 11.8 Å². The molecule has 1 N–H and O–H groups in total. The van der Waals surface area contributed by atoms with E-state index in [0.29, 0.717) is 0 Å². The van der Waals surface area contributed by atoms with Crippen LogP contribution in [-0.2, 0) is 0 Å². The van der Waals surface area contributed by atoms with Crippen molar-refractivity contribution in [1.29, 1.82) is 0 Å². The molecule has 2 fully saturated rings. The molecule has 4 atom stereocenters. The number of hydrogen-bond acceptors (Lipinski definition) is 2. The van der Waals surface area contributed by atoms with Crippen molar-refractivity contribution < 1.29 is 0 Å². The SMILES string of the molecule is CCNC1CCCCC1CN1CCCC(C)C1C. The molecule has 4 unspecified atom stereocenters. The lowest BCUT2D eigenvalue weighted by Crippen LogP contribution is -2.49. The lowest BCUT2D eigenvalue weighted by Gasteiger charge is -2.42. The minimum atomic E-state index is 0.785. The highest BCUT2D eigenvalue weighted by Crippen LogP contribution is 2.29. The van der Waals surface area contributed by atoms with Crippen LogP contribution in [0.3, 0.4) is 0 Å². The third-order valence-electron chi connectivity index (χ3n) is 5.35. The molecule has 0 bridgehead atoms. The summed E-state index contributed by atoms with van der Waals surface area (Å²) < 4.78 is 0. The first-order valence-electron chi connectivity index (χ1n) is 8.19. The van der Waals surface area contributed by atoms with Crippen LogP contribution in [0.5, 0.6) is 0 Å². The van der Waals surface area contributed by atoms with Gasteiger partial charge in [-0.3, -0.25) is 0 Å². The molecule has 2 nitrogen and oxygen atoms in total. The van der Waals surface area contributed by atoms with E-state index < -0.39 is 0 Å². The van der Waals surface area contributed by atoms with E-state index in [9.17, 15) is 0 Å². The fraction of sp³-hybridized carbons (Fsp3) is 1.00. The van der Waals surface area contributed by atoms with E-state index in [1.165, 1.54) is 51.6 Å². The zero-order valence-electron chi connectivity index (χ0n) is 12.6. The maximum atomic E-state index is 3.72. The maximum Gasteiger partial charge on any atom is 0.0107 e. The largest absolute Gasteiger partial charge is 0.314 e. The van der Waals surface area contributed by atoms with Crippen LogP contribution in [0.4, 0.5) is 0 Å². The van der Waals surface area contributed by atoms with E-state index in [-0.39, 0.29) is 0 Å². The summed E-state index contributed by atoms with van der Waals surface area (Å²) in [7, 11) is 0. The first-order valence-corrected chi connectivity index (χ1v) is 8.19. The molecule has 1 heterocycles. The van der Waals surface area contributed by atoms with Gasteiger partial charge in [-0.2, -0.15) is 0 Å². The molecule has 18 heavy (non-hydrogen) atoms. The topological polar surface area (TPSA) is 15.3 Å². The van der Waals surface area contributed by atoms with Gasteiger partial charge >= 0.3 is 0 Å². The highest BCUT2D eigenvalue weighted by Gasteiger charge is 2.30. The number of piperidine rings is 1. The Bertz CT molecular complexity index is 239. The molecule has 2 aliphatic rings. The summed E-state index contributed by atoms with van der Waals surface area (Å²) in [5.74, 6) is 1.78. The Morgan fingerprint density at radius 1 is 1.06 bits per heavy atom. The average molecular weight is 252 g/mol. The molecule has 1 aliphatic heterocycles. The van der Waals surface area contributed by atoms with Crippen LogP contribution in [0.15, 0.2) is 0 Å². The Balaban J connectivity index is 1.89. The zero-order valence-corrected chi connectivity index (χ0v) is 12.6. The van der Waals surface area contributed by atoms with Crippen LogP contribution in [0.2, 0.25) is 0 Å². The Labute approximate surface area is 114 Å². The van der Waals surface area contributed by atoms with Gasteiger partial charge in [0.1, 0.15) is 0 Å². The number of nitrogens with one attached hydrogen (secondary N) is 1. The van der Waals surface area contributed by atoms with E-state index in [0.717, 1.165) is 30.5 Å². The lowest BCUT2D eigenvalue weighted by molar-refractivity contribution is 0.0767. The summed E-state index contributed by atoms with van der Waals surface area (Å²) in [6.07, 6.45) is 8.55. The standard InChI is InChI=1S/C16H32N2/c1-4-17-16-10-6-5-9-15(16)12-18-11-7-8-13(2)14(18)3/h13-17H,4-12H2,1-3H3. The summed E-state index contributed by atoms with van der Waals surface area (Å²) in [5.41, 5.74) is 0. The van der Waals surface area contributed by atoms with E-state index in [1.54, 1.807) is 0 Å². The first kappa shape index (κ1) is 14.3. The molecule has 0 aromatic carbocycles. The van der Waals surface area contributed by atoms with Crippen molar-refractivity contribution in [3.05, 3.63) is 0 Å². The summed E-state index contributed by atoms with van der Waals surface area (Å²) >= 11 is 0. The fourth-order valence-corrected chi connectivity index (χ4v) is 3.94. The van der Waals surface area contributed by atoms with Gasteiger partial charge < -0.3 is 10.2 Å². The van der Waals surface area contributed by atoms with E-state index in [1.807, 2.05) is 0 Å². The zero-order chi connectivity index (χ0) is 13.0. The van der Waals surface area contributed by atoms with Crippen LogP contribution in [0.25, 0.3) is 0 Å². The Morgan fingerprint density at radius 3 is 2.61 bits per heavy atom. The fourth-order valence-electron chi connectivity index (χ4n) is 3.94. The van der Waals surface area contributed by atoms with Gasteiger partial charge in [0.15, 0.2) is 0 Å². The minimum Gasteiger partial charge on any atom is -0.314 e. The minimum absolute atomic E-state index is 0.785. The molecule has 2 rings (SSSR count). The molecule has 0 aromatic rings. The van der Waals surface area contributed by atoms with Gasteiger partial charge in [0, 0.05) is 18.6 Å². The Kier molecular flexibility index (Phi) is 5.50. The van der Waals surface area contributed by atoms with Gasteiger partial charge in [0.2, 0.25) is 0 Å². The van der Waals surface area contributed by atoms with E-state index in [4.69, 9.17) is 0 Å². The number of nitrogens with zero attached hydrogens (tertiary/aromatic N) is 1. The third-order valence-corrected chi connectivity index (χ3v) is 5.35. The number of rotatable bonds is 4. The van der Waals surface area contributed by atoms with Gasteiger partial charge in [-0.25, -0.2) is 0 Å². The van der Waals surface area contributed by atoms with Gasteiger partial charge in [-0.05, 0) is 57.5 Å². The predicted molar refractivity (Wildman–Crippen MR) is 78.9 cm³/mol. The molecule has 0 radical (unpaired) electrons. The number of hydrogen-bond donors (Lipinski definition) is 1. The normalized spacial score (nSPS) is 38.8. The predicted octanol–water partition coefficient (Wildman–Crippen LogP) is 3.28. The highest BCUT2D eigenvalue weighted by molar-refractivity contribution is 4.86. The molecule has 0 aromatic heterocycles.